The summed E-state index contributed by atoms with van der Waals surface area (Å²) in [5, 5.41) is 0. The van der Waals surface area contributed by atoms with Crippen molar-refractivity contribution in [2.75, 3.05) is 7.11 Å². The molecule has 1 heterocycles. The Bertz CT molecular complexity index is 1140. The molecule has 0 aliphatic carbocycles. The van der Waals surface area contributed by atoms with Crippen molar-refractivity contribution in [1.82, 2.24) is 0 Å². The van der Waals surface area contributed by atoms with Crippen molar-refractivity contribution in [3.8, 4) is 16.9 Å². The van der Waals surface area contributed by atoms with E-state index in [4.69, 9.17) is 10.5 Å². The topological polar surface area (TPSA) is 64.7 Å². The largest absolute Gasteiger partial charge is 0.497 e. The van der Waals surface area contributed by atoms with E-state index < -0.39 is 11.4 Å². The Morgan fingerprint density at radius 1 is 1.03 bits per heavy atom. The summed E-state index contributed by atoms with van der Waals surface area (Å²) in [4.78, 5) is 18.5. The maximum absolute atomic E-state index is 15.4. The second-order valence-corrected chi connectivity index (χ2v) is 7.91. The van der Waals surface area contributed by atoms with Crippen molar-refractivity contribution in [3.05, 3.63) is 89.7 Å². The molecule has 0 saturated heterocycles. The number of benzene rings is 3. The van der Waals surface area contributed by atoms with Crippen LogP contribution >= 0.6 is 0 Å². The lowest BCUT2D eigenvalue weighted by molar-refractivity contribution is -0.126. The number of rotatable bonds is 4. The Balaban J connectivity index is 2.00. The number of ether oxygens (including phenoxy) is 1. The zero-order chi connectivity index (χ0) is 22.0. The van der Waals surface area contributed by atoms with Gasteiger partial charge in [0.05, 0.1) is 12.9 Å². The number of carbonyl (C=O) groups excluding carboxylic acids is 1. The second-order valence-electron chi connectivity index (χ2n) is 7.91. The number of hydrogen-bond donors (Lipinski definition) is 1. The van der Waals surface area contributed by atoms with Crippen molar-refractivity contribution in [3.63, 3.8) is 0 Å². The zero-order valence-electron chi connectivity index (χ0n) is 17.6. The minimum Gasteiger partial charge on any atom is -0.497 e. The molecule has 4 nitrogen and oxygen atoms in total. The standard InChI is InChI=1S/C26H25FN2O2/c1-17-11-14-24(28)29-26(25(17)30,20-8-4-3-5-9-20)22-16-19(12-13-23(22)27)18-7-6-10-21(15-18)31-2/h3-10,12-13,15-17H,11,14H2,1-2H3,(H2,28,29). The van der Waals surface area contributed by atoms with Gasteiger partial charge in [-0.3, -0.25) is 4.79 Å². The van der Waals surface area contributed by atoms with E-state index in [9.17, 15) is 4.79 Å². The van der Waals surface area contributed by atoms with Crippen LogP contribution in [0.3, 0.4) is 0 Å². The molecule has 0 spiro atoms. The number of Topliss-reactive ketones (excluding diaryl/α,β-unsaturated/α-hetero) is 1. The van der Waals surface area contributed by atoms with Crippen molar-refractivity contribution < 1.29 is 13.9 Å². The van der Waals surface area contributed by atoms with E-state index in [-0.39, 0.29) is 17.3 Å². The van der Waals surface area contributed by atoms with Crippen LogP contribution in [0.25, 0.3) is 11.1 Å². The number of halogens is 1. The smallest absolute Gasteiger partial charge is 0.174 e. The molecule has 2 atom stereocenters. The number of methoxy groups -OCH3 is 1. The van der Waals surface area contributed by atoms with Crippen LogP contribution in [0.4, 0.5) is 4.39 Å². The van der Waals surface area contributed by atoms with E-state index in [1.165, 1.54) is 6.07 Å². The number of amidine groups is 1. The average molecular weight is 416 g/mol. The predicted octanol–water partition coefficient (Wildman–Crippen LogP) is 5.10. The molecule has 0 saturated carbocycles. The third-order valence-corrected chi connectivity index (χ3v) is 5.90. The Hall–Kier alpha value is -3.47. The Labute approximate surface area is 181 Å². The van der Waals surface area contributed by atoms with Gasteiger partial charge in [0.1, 0.15) is 11.6 Å². The number of nitrogens with two attached hydrogens (primary N) is 1. The fourth-order valence-corrected chi connectivity index (χ4v) is 4.20. The van der Waals surface area contributed by atoms with Gasteiger partial charge in [-0.15, -0.1) is 0 Å². The van der Waals surface area contributed by atoms with Gasteiger partial charge in [0.15, 0.2) is 11.3 Å². The lowest BCUT2D eigenvalue weighted by Gasteiger charge is -2.31. The molecule has 158 valence electrons. The summed E-state index contributed by atoms with van der Waals surface area (Å²) in [6, 6.07) is 21.5. The van der Waals surface area contributed by atoms with E-state index in [1.54, 1.807) is 19.2 Å². The van der Waals surface area contributed by atoms with Crippen molar-refractivity contribution in [2.24, 2.45) is 16.6 Å². The second kappa shape index (κ2) is 8.34. The van der Waals surface area contributed by atoms with E-state index in [0.29, 0.717) is 30.0 Å². The predicted molar refractivity (Wildman–Crippen MR) is 121 cm³/mol. The first-order valence-electron chi connectivity index (χ1n) is 10.3. The monoisotopic (exact) mass is 416 g/mol. The molecule has 0 fully saturated rings. The minimum atomic E-state index is -1.53. The van der Waals surface area contributed by atoms with Crippen LogP contribution in [0.15, 0.2) is 77.8 Å². The highest BCUT2D eigenvalue weighted by Crippen LogP contribution is 2.42. The summed E-state index contributed by atoms with van der Waals surface area (Å²) in [7, 11) is 1.60. The van der Waals surface area contributed by atoms with Crippen LogP contribution in [0.2, 0.25) is 0 Å². The summed E-state index contributed by atoms with van der Waals surface area (Å²) in [6.07, 6.45) is 1.08. The summed E-state index contributed by atoms with van der Waals surface area (Å²) >= 11 is 0. The van der Waals surface area contributed by atoms with Crippen LogP contribution in [0.5, 0.6) is 5.75 Å². The van der Waals surface area contributed by atoms with Crippen LogP contribution in [-0.2, 0) is 10.3 Å². The minimum absolute atomic E-state index is 0.152. The van der Waals surface area contributed by atoms with Gasteiger partial charge in [-0.2, -0.15) is 0 Å². The van der Waals surface area contributed by atoms with Gasteiger partial charge in [-0.1, -0.05) is 55.5 Å². The molecule has 3 aromatic rings. The molecule has 4 rings (SSSR count). The molecule has 31 heavy (non-hydrogen) atoms. The fraction of sp³-hybridized carbons (Fsp3) is 0.231. The molecule has 3 aromatic carbocycles. The van der Waals surface area contributed by atoms with Gasteiger partial charge in [-0.25, -0.2) is 9.38 Å². The Morgan fingerprint density at radius 3 is 2.52 bits per heavy atom. The number of carbonyl (C=O) groups is 1. The van der Waals surface area contributed by atoms with Crippen LogP contribution < -0.4 is 10.5 Å². The maximum Gasteiger partial charge on any atom is 0.174 e. The molecule has 1 aliphatic rings. The first-order valence-corrected chi connectivity index (χ1v) is 10.3. The van der Waals surface area contributed by atoms with Crippen LogP contribution in [-0.4, -0.2) is 18.7 Å². The maximum atomic E-state index is 15.4. The quantitative estimate of drug-likeness (QED) is 0.643. The Morgan fingerprint density at radius 2 is 1.77 bits per heavy atom. The van der Waals surface area contributed by atoms with Gasteiger partial charge in [0.2, 0.25) is 0 Å². The lowest BCUT2D eigenvalue weighted by atomic mass is 9.75. The third kappa shape index (κ3) is 3.72. The van der Waals surface area contributed by atoms with E-state index in [2.05, 4.69) is 4.99 Å². The highest BCUT2D eigenvalue weighted by Gasteiger charge is 2.47. The zero-order valence-corrected chi connectivity index (χ0v) is 17.6. The van der Waals surface area contributed by atoms with Gasteiger partial charge in [0, 0.05) is 17.9 Å². The SMILES string of the molecule is COc1cccc(-c2ccc(F)c(C3(c4ccccc4)N=C(N)CCC(C)C3=O)c2)c1. The molecule has 2 N–H and O–H groups in total. The molecule has 0 bridgehead atoms. The number of ketones is 1. The van der Waals surface area contributed by atoms with Crippen molar-refractivity contribution >= 4 is 11.6 Å². The van der Waals surface area contributed by atoms with Gasteiger partial charge < -0.3 is 10.5 Å². The number of aliphatic imine (C=N–C) groups is 1. The molecule has 2 unspecified atom stereocenters. The normalized spacial score (nSPS) is 21.3. The molecule has 0 aromatic heterocycles. The molecular weight excluding hydrogens is 391 g/mol. The summed E-state index contributed by atoms with van der Waals surface area (Å²) in [5.41, 5.74) is 7.12. The molecule has 5 heteroatoms. The van der Waals surface area contributed by atoms with E-state index in [0.717, 1.165) is 11.1 Å². The Kier molecular flexibility index (Phi) is 5.59. The first-order chi connectivity index (χ1) is 15.0. The first kappa shape index (κ1) is 20.8. The summed E-state index contributed by atoms with van der Waals surface area (Å²) < 4.78 is 20.7. The molecule has 1 aliphatic heterocycles. The fourth-order valence-electron chi connectivity index (χ4n) is 4.20. The van der Waals surface area contributed by atoms with Gasteiger partial charge in [-0.05, 0) is 47.4 Å². The van der Waals surface area contributed by atoms with Crippen molar-refractivity contribution in [1.29, 1.82) is 0 Å². The highest BCUT2D eigenvalue weighted by molar-refractivity contribution is 5.99. The molecule has 0 radical (unpaired) electrons. The lowest BCUT2D eigenvalue weighted by Crippen LogP contribution is -2.39. The molecule has 0 amide bonds. The van der Waals surface area contributed by atoms with E-state index >= 15 is 4.39 Å². The van der Waals surface area contributed by atoms with E-state index in [1.807, 2.05) is 61.5 Å². The average Bonchev–Trinajstić information content (AvgIpc) is 2.92. The van der Waals surface area contributed by atoms with Gasteiger partial charge >= 0.3 is 0 Å². The molecular formula is C26H25FN2O2. The third-order valence-electron chi connectivity index (χ3n) is 5.90. The van der Waals surface area contributed by atoms with Crippen LogP contribution in [0, 0.1) is 11.7 Å². The number of nitrogens with zero attached hydrogens (tertiary/aromatic N) is 1. The van der Waals surface area contributed by atoms with Crippen molar-refractivity contribution in [2.45, 2.75) is 25.3 Å². The number of hydrogen-bond acceptors (Lipinski definition) is 4. The summed E-state index contributed by atoms with van der Waals surface area (Å²) in [6.45, 7) is 1.86. The van der Waals surface area contributed by atoms with Crippen LogP contribution in [0.1, 0.15) is 30.9 Å². The summed E-state index contributed by atoms with van der Waals surface area (Å²) in [5.74, 6) is 0.0931. The van der Waals surface area contributed by atoms with Gasteiger partial charge in [0.25, 0.3) is 0 Å². The highest BCUT2D eigenvalue weighted by atomic mass is 19.1.